The molecule has 1 atom stereocenters. The zero-order valence-corrected chi connectivity index (χ0v) is 17.3. The minimum absolute atomic E-state index is 0.104. The summed E-state index contributed by atoms with van der Waals surface area (Å²) in [6, 6.07) is 10.6. The molecule has 0 heterocycles. The number of carbonyl (C=O) groups excluding carboxylic acids is 1. The fourth-order valence-electron chi connectivity index (χ4n) is 2.39. The summed E-state index contributed by atoms with van der Waals surface area (Å²) >= 11 is 5.72. The SMILES string of the molecule is Cc1ccc(OCC(C)NC(=O)CN(c2ccc(F)c(Cl)c2)S(C)(=O)=O)cc1. The Hall–Kier alpha value is -2.32. The first-order valence-corrected chi connectivity index (χ1v) is 10.7. The Labute approximate surface area is 169 Å². The summed E-state index contributed by atoms with van der Waals surface area (Å²) in [4.78, 5) is 12.3. The molecule has 9 heteroatoms. The Kier molecular flexibility index (Phi) is 7.26. The Balaban J connectivity index is 1.99. The molecular weight excluding hydrogens is 407 g/mol. The second-order valence-corrected chi connectivity index (χ2v) is 8.77. The van der Waals surface area contributed by atoms with Gasteiger partial charge in [0.05, 0.1) is 23.0 Å². The molecule has 0 aromatic heterocycles. The molecule has 1 amide bonds. The first-order chi connectivity index (χ1) is 13.1. The minimum atomic E-state index is -3.78. The average Bonchev–Trinajstić information content (AvgIpc) is 2.61. The number of halogens is 2. The van der Waals surface area contributed by atoms with Crippen molar-refractivity contribution in [3.63, 3.8) is 0 Å². The quantitative estimate of drug-likeness (QED) is 0.700. The maximum Gasteiger partial charge on any atom is 0.241 e. The first kappa shape index (κ1) is 22.0. The Morgan fingerprint density at radius 2 is 1.89 bits per heavy atom. The smallest absolute Gasteiger partial charge is 0.241 e. The van der Waals surface area contributed by atoms with Gasteiger partial charge >= 0.3 is 0 Å². The third-order valence-electron chi connectivity index (χ3n) is 3.81. The van der Waals surface area contributed by atoms with E-state index in [1.165, 1.54) is 6.07 Å². The van der Waals surface area contributed by atoms with Crippen LogP contribution in [0.3, 0.4) is 0 Å². The molecule has 0 aliphatic heterocycles. The molecule has 1 N–H and O–H groups in total. The maximum absolute atomic E-state index is 13.3. The maximum atomic E-state index is 13.3. The molecule has 0 spiro atoms. The van der Waals surface area contributed by atoms with Crippen LogP contribution in [0.25, 0.3) is 0 Å². The van der Waals surface area contributed by atoms with Crippen LogP contribution in [0.4, 0.5) is 10.1 Å². The van der Waals surface area contributed by atoms with Crippen molar-refractivity contribution in [1.82, 2.24) is 5.32 Å². The summed E-state index contributed by atoms with van der Waals surface area (Å²) in [5.41, 5.74) is 1.21. The summed E-state index contributed by atoms with van der Waals surface area (Å²) < 4.78 is 44.0. The monoisotopic (exact) mass is 428 g/mol. The van der Waals surface area contributed by atoms with E-state index in [2.05, 4.69) is 5.32 Å². The molecule has 0 fully saturated rings. The molecule has 152 valence electrons. The van der Waals surface area contributed by atoms with Gasteiger partial charge in [-0.1, -0.05) is 29.3 Å². The molecule has 1 unspecified atom stereocenters. The first-order valence-electron chi connectivity index (χ1n) is 8.48. The highest BCUT2D eigenvalue weighted by Gasteiger charge is 2.22. The largest absolute Gasteiger partial charge is 0.491 e. The van der Waals surface area contributed by atoms with E-state index in [0.29, 0.717) is 5.75 Å². The molecule has 0 bridgehead atoms. The number of nitrogens with one attached hydrogen (secondary N) is 1. The van der Waals surface area contributed by atoms with Crippen molar-refractivity contribution in [1.29, 1.82) is 0 Å². The van der Waals surface area contributed by atoms with Crippen molar-refractivity contribution in [3.05, 3.63) is 58.9 Å². The van der Waals surface area contributed by atoms with E-state index in [0.717, 1.165) is 28.3 Å². The molecule has 0 aliphatic rings. The van der Waals surface area contributed by atoms with Crippen molar-refractivity contribution in [3.8, 4) is 5.75 Å². The van der Waals surface area contributed by atoms with Crippen molar-refractivity contribution < 1.29 is 22.3 Å². The highest BCUT2D eigenvalue weighted by molar-refractivity contribution is 7.92. The van der Waals surface area contributed by atoms with Gasteiger partial charge in [0.1, 0.15) is 24.7 Å². The zero-order valence-electron chi connectivity index (χ0n) is 15.8. The van der Waals surface area contributed by atoms with Gasteiger partial charge in [-0.05, 0) is 44.2 Å². The topological polar surface area (TPSA) is 75.7 Å². The fourth-order valence-corrected chi connectivity index (χ4v) is 3.41. The van der Waals surface area contributed by atoms with Crippen LogP contribution in [0.2, 0.25) is 5.02 Å². The lowest BCUT2D eigenvalue weighted by atomic mass is 10.2. The zero-order chi connectivity index (χ0) is 20.9. The molecular formula is C19H22ClFN2O4S. The van der Waals surface area contributed by atoms with E-state index in [4.69, 9.17) is 16.3 Å². The van der Waals surface area contributed by atoms with Gasteiger partial charge in [0.15, 0.2) is 0 Å². The average molecular weight is 429 g/mol. The van der Waals surface area contributed by atoms with E-state index >= 15 is 0 Å². The van der Waals surface area contributed by atoms with Crippen LogP contribution in [0.1, 0.15) is 12.5 Å². The molecule has 0 aliphatic carbocycles. The summed E-state index contributed by atoms with van der Waals surface area (Å²) in [5.74, 6) is -0.526. The van der Waals surface area contributed by atoms with E-state index in [1.807, 2.05) is 31.2 Å². The fraction of sp³-hybridized carbons (Fsp3) is 0.316. The van der Waals surface area contributed by atoms with Crippen LogP contribution in [-0.2, 0) is 14.8 Å². The summed E-state index contributed by atoms with van der Waals surface area (Å²) in [6.07, 6.45) is 0.960. The number of aryl methyl sites for hydroxylation is 1. The predicted octanol–water partition coefficient (Wildman–Crippen LogP) is 3.14. The van der Waals surface area contributed by atoms with Crippen LogP contribution in [0.15, 0.2) is 42.5 Å². The number of rotatable bonds is 8. The van der Waals surface area contributed by atoms with E-state index < -0.39 is 28.3 Å². The summed E-state index contributed by atoms with van der Waals surface area (Å²) in [7, 11) is -3.78. The van der Waals surface area contributed by atoms with Gasteiger partial charge in [0, 0.05) is 0 Å². The molecule has 2 aromatic carbocycles. The number of nitrogens with zero attached hydrogens (tertiary/aromatic N) is 1. The number of ether oxygens (including phenoxy) is 1. The van der Waals surface area contributed by atoms with Crippen LogP contribution in [-0.4, -0.2) is 39.8 Å². The number of hydrogen-bond donors (Lipinski definition) is 1. The van der Waals surface area contributed by atoms with Crippen LogP contribution >= 0.6 is 11.6 Å². The molecule has 28 heavy (non-hydrogen) atoms. The third kappa shape index (κ3) is 6.38. The van der Waals surface area contributed by atoms with Crippen LogP contribution in [0.5, 0.6) is 5.75 Å². The van der Waals surface area contributed by atoms with Gasteiger partial charge in [0.2, 0.25) is 15.9 Å². The second-order valence-electron chi connectivity index (χ2n) is 6.46. The lowest BCUT2D eigenvalue weighted by molar-refractivity contribution is -0.120. The van der Waals surface area contributed by atoms with E-state index in [-0.39, 0.29) is 23.4 Å². The summed E-state index contributed by atoms with van der Waals surface area (Å²) in [5, 5.41) is 2.45. The molecule has 0 saturated carbocycles. The van der Waals surface area contributed by atoms with Gasteiger partial charge in [-0.15, -0.1) is 0 Å². The van der Waals surface area contributed by atoms with Crippen LogP contribution in [0, 0.1) is 12.7 Å². The Morgan fingerprint density at radius 3 is 2.46 bits per heavy atom. The molecule has 2 rings (SSSR count). The Morgan fingerprint density at radius 1 is 1.25 bits per heavy atom. The van der Waals surface area contributed by atoms with Crippen molar-refractivity contribution >= 4 is 33.2 Å². The van der Waals surface area contributed by atoms with Gasteiger partial charge in [-0.25, -0.2) is 12.8 Å². The van der Waals surface area contributed by atoms with Crippen molar-refractivity contribution in [2.24, 2.45) is 0 Å². The number of sulfonamides is 1. The van der Waals surface area contributed by atoms with Gasteiger partial charge in [-0.2, -0.15) is 0 Å². The lowest BCUT2D eigenvalue weighted by Gasteiger charge is -2.23. The molecule has 0 saturated heterocycles. The molecule has 2 aromatic rings. The van der Waals surface area contributed by atoms with Crippen molar-refractivity contribution in [2.45, 2.75) is 19.9 Å². The highest BCUT2D eigenvalue weighted by atomic mass is 35.5. The number of carbonyl (C=O) groups is 1. The van der Waals surface area contributed by atoms with E-state index in [1.54, 1.807) is 6.92 Å². The molecule has 0 radical (unpaired) electrons. The van der Waals surface area contributed by atoms with Gasteiger partial charge < -0.3 is 10.1 Å². The number of anilines is 1. The molecule has 6 nitrogen and oxygen atoms in total. The number of amides is 1. The lowest BCUT2D eigenvalue weighted by Crippen LogP contribution is -2.44. The summed E-state index contributed by atoms with van der Waals surface area (Å²) in [6.45, 7) is 3.46. The predicted molar refractivity (Wildman–Crippen MR) is 108 cm³/mol. The van der Waals surface area contributed by atoms with E-state index in [9.17, 15) is 17.6 Å². The van der Waals surface area contributed by atoms with Gasteiger partial charge in [0.25, 0.3) is 0 Å². The second kappa shape index (κ2) is 9.25. The minimum Gasteiger partial charge on any atom is -0.491 e. The highest BCUT2D eigenvalue weighted by Crippen LogP contribution is 2.24. The van der Waals surface area contributed by atoms with Gasteiger partial charge in [-0.3, -0.25) is 9.10 Å². The number of benzene rings is 2. The van der Waals surface area contributed by atoms with Crippen LogP contribution < -0.4 is 14.4 Å². The third-order valence-corrected chi connectivity index (χ3v) is 5.24. The Bertz CT molecular complexity index is 935. The number of hydrogen-bond acceptors (Lipinski definition) is 4. The van der Waals surface area contributed by atoms with Crippen molar-refractivity contribution in [2.75, 3.05) is 23.7 Å². The normalized spacial score (nSPS) is 12.3. The standard InChI is InChI=1S/C19H22ClFN2O4S/c1-13-4-7-16(8-5-13)27-12-14(2)22-19(24)11-23(28(3,25)26)15-6-9-18(21)17(20)10-15/h4-10,14H,11-12H2,1-3H3,(H,22,24).